The molecule has 154 valence electrons. The summed E-state index contributed by atoms with van der Waals surface area (Å²) in [4.78, 5) is 4.71. The van der Waals surface area contributed by atoms with Crippen molar-refractivity contribution in [3.8, 4) is 0 Å². The predicted octanol–water partition coefficient (Wildman–Crippen LogP) is 3.22. The second-order valence-electron chi connectivity index (χ2n) is 7.24. The fourth-order valence-electron chi connectivity index (χ4n) is 3.51. The van der Waals surface area contributed by atoms with Crippen LogP contribution in [0.4, 0.5) is 0 Å². The molecule has 27 heavy (non-hydrogen) atoms. The van der Waals surface area contributed by atoms with Crippen LogP contribution in [0.1, 0.15) is 51.5 Å². The number of guanidine groups is 1. The van der Waals surface area contributed by atoms with Crippen LogP contribution < -0.4 is 15.8 Å². The highest BCUT2D eigenvalue weighted by Gasteiger charge is 2.18. The van der Waals surface area contributed by atoms with Crippen molar-refractivity contribution in [1.29, 1.82) is 0 Å². The molecule has 0 aromatic heterocycles. The van der Waals surface area contributed by atoms with Gasteiger partial charge < -0.3 is 10.6 Å². The summed E-state index contributed by atoms with van der Waals surface area (Å²) in [6.07, 6.45) is 6.59. The van der Waals surface area contributed by atoms with E-state index in [-0.39, 0.29) is 28.9 Å². The Balaban J connectivity index is 0.00000364. The van der Waals surface area contributed by atoms with Crippen LogP contribution in [0.15, 0.2) is 34.2 Å². The number of sulfonamides is 1. The molecule has 1 aliphatic rings. The van der Waals surface area contributed by atoms with Gasteiger partial charge in [0.2, 0.25) is 10.0 Å². The molecule has 0 saturated heterocycles. The number of nitrogens with zero attached hydrogens (tertiary/aromatic N) is 1. The Kier molecular flexibility index (Phi) is 10.6. The van der Waals surface area contributed by atoms with Crippen molar-refractivity contribution in [2.24, 2.45) is 22.0 Å². The van der Waals surface area contributed by atoms with Gasteiger partial charge in [0.05, 0.1) is 11.4 Å². The van der Waals surface area contributed by atoms with Crippen molar-refractivity contribution in [3.05, 3.63) is 29.8 Å². The maximum atomic E-state index is 11.3. The van der Waals surface area contributed by atoms with Gasteiger partial charge in [-0.3, -0.25) is 0 Å². The lowest BCUT2D eigenvalue weighted by molar-refractivity contribution is 0.270. The van der Waals surface area contributed by atoms with E-state index in [0.29, 0.717) is 6.54 Å². The molecule has 1 aliphatic carbocycles. The molecule has 0 amide bonds. The van der Waals surface area contributed by atoms with Crippen LogP contribution in [0.5, 0.6) is 0 Å². The average molecular weight is 508 g/mol. The molecule has 0 aliphatic heterocycles. The minimum atomic E-state index is -3.65. The minimum Gasteiger partial charge on any atom is -0.357 e. The van der Waals surface area contributed by atoms with Gasteiger partial charge in [0.15, 0.2) is 5.96 Å². The van der Waals surface area contributed by atoms with E-state index in [1.165, 1.54) is 44.2 Å². The number of hydrogen-bond donors (Lipinski definition) is 3. The summed E-state index contributed by atoms with van der Waals surface area (Å²) in [6, 6.07) is 6.53. The van der Waals surface area contributed by atoms with Gasteiger partial charge in [0.1, 0.15) is 0 Å². The monoisotopic (exact) mass is 508 g/mol. The van der Waals surface area contributed by atoms with Gasteiger partial charge in [0.25, 0.3) is 0 Å². The van der Waals surface area contributed by atoms with Gasteiger partial charge in [0, 0.05) is 13.1 Å². The van der Waals surface area contributed by atoms with Gasteiger partial charge >= 0.3 is 0 Å². The van der Waals surface area contributed by atoms with Crippen molar-refractivity contribution in [2.45, 2.75) is 57.4 Å². The largest absolute Gasteiger partial charge is 0.357 e. The Bertz CT molecular complexity index is 692. The van der Waals surface area contributed by atoms with Gasteiger partial charge in [-0.25, -0.2) is 18.5 Å². The third-order valence-corrected chi connectivity index (χ3v) is 5.84. The van der Waals surface area contributed by atoms with Gasteiger partial charge in [-0.05, 0) is 49.3 Å². The van der Waals surface area contributed by atoms with Crippen LogP contribution in [0.2, 0.25) is 0 Å². The Hall–Kier alpha value is -0.870. The maximum absolute atomic E-state index is 11.3. The number of nitrogens with one attached hydrogen (secondary N) is 2. The van der Waals surface area contributed by atoms with Gasteiger partial charge in [-0.2, -0.15) is 0 Å². The molecular formula is C19H33IN4O2S. The van der Waals surface area contributed by atoms with Crippen LogP contribution in [-0.2, 0) is 16.6 Å². The molecule has 4 N–H and O–H groups in total. The van der Waals surface area contributed by atoms with Gasteiger partial charge in [-0.1, -0.05) is 38.3 Å². The SMILES string of the molecule is CCNC(=NCc1ccc(S(N)(=O)=O)cc1)NCCC1CCCC(C)C1.I. The zero-order chi connectivity index (χ0) is 19.0. The molecule has 1 aromatic carbocycles. The summed E-state index contributed by atoms with van der Waals surface area (Å²) in [5.41, 5.74) is 0.940. The summed E-state index contributed by atoms with van der Waals surface area (Å²) in [7, 11) is -3.65. The molecule has 0 spiro atoms. The molecule has 1 saturated carbocycles. The lowest BCUT2D eigenvalue weighted by atomic mass is 9.81. The summed E-state index contributed by atoms with van der Waals surface area (Å²) >= 11 is 0. The molecule has 0 bridgehead atoms. The number of benzene rings is 1. The highest BCUT2D eigenvalue weighted by atomic mass is 127. The minimum absolute atomic E-state index is 0. The molecule has 1 fully saturated rings. The molecule has 0 radical (unpaired) electrons. The van der Waals surface area contributed by atoms with E-state index in [2.05, 4.69) is 22.5 Å². The zero-order valence-electron chi connectivity index (χ0n) is 16.3. The van der Waals surface area contributed by atoms with Crippen LogP contribution in [-0.4, -0.2) is 27.5 Å². The third-order valence-electron chi connectivity index (χ3n) is 4.91. The lowest BCUT2D eigenvalue weighted by Gasteiger charge is -2.26. The van der Waals surface area contributed by atoms with E-state index in [1.807, 2.05) is 6.92 Å². The van der Waals surface area contributed by atoms with Crippen molar-refractivity contribution >= 4 is 40.0 Å². The van der Waals surface area contributed by atoms with E-state index >= 15 is 0 Å². The van der Waals surface area contributed by atoms with Crippen molar-refractivity contribution in [3.63, 3.8) is 0 Å². The van der Waals surface area contributed by atoms with Crippen LogP contribution in [0.3, 0.4) is 0 Å². The fraction of sp³-hybridized carbons (Fsp3) is 0.632. The topological polar surface area (TPSA) is 96.6 Å². The van der Waals surface area contributed by atoms with Crippen LogP contribution >= 0.6 is 24.0 Å². The van der Waals surface area contributed by atoms with Crippen molar-refractivity contribution in [1.82, 2.24) is 10.6 Å². The Labute approximate surface area is 180 Å². The molecule has 1 aromatic rings. The summed E-state index contributed by atoms with van der Waals surface area (Å²) < 4.78 is 22.6. The molecule has 8 heteroatoms. The number of halogens is 1. The highest BCUT2D eigenvalue weighted by Crippen LogP contribution is 2.30. The fourth-order valence-corrected chi connectivity index (χ4v) is 4.03. The second kappa shape index (κ2) is 11.9. The standard InChI is InChI=1S/C19H32N4O2S.HI/c1-3-21-19(22-12-11-16-6-4-5-15(2)13-16)23-14-17-7-9-18(10-8-17)26(20,24)25;/h7-10,15-16H,3-6,11-14H2,1-2H3,(H2,20,24,25)(H2,21,22,23);1H. The Morgan fingerprint density at radius 3 is 2.52 bits per heavy atom. The number of primary sulfonamides is 1. The third kappa shape index (κ3) is 8.78. The zero-order valence-corrected chi connectivity index (χ0v) is 19.4. The average Bonchev–Trinajstić information content (AvgIpc) is 2.59. The molecule has 0 heterocycles. The predicted molar refractivity (Wildman–Crippen MR) is 122 cm³/mol. The lowest BCUT2D eigenvalue weighted by Crippen LogP contribution is -2.38. The first-order valence-corrected chi connectivity index (χ1v) is 11.1. The number of nitrogens with two attached hydrogens (primary N) is 1. The molecular weight excluding hydrogens is 475 g/mol. The maximum Gasteiger partial charge on any atom is 0.238 e. The van der Waals surface area contributed by atoms with Crippen molar-refractivity contribution in [2.75, 3.05) is 13.1 Å². The first kappa shape index (κ1) is 24.2. The molecule has 2 atom stereocenters. The highest BCUT2D eigenvalue weighted by molar-refractivity contribution is 14.0. The van der Waals surface area contributed by atoms with Crippen LogP contribution in [0.25, 0.3) is 0 Å². The molecule has 2 rings (SSSR count). The normalized spacial score (nSPS) is 20.6. The second-order valence-corrected chi connectivity index (χ2v) is 8.80. The van der Waals surface area contributed by atoms with Gasteiger partial charge in [-0.15, -0.1) is 24.0 Å². The van der Waals surface area contributed by atoms with Crippen LogP contribution in [0, 0.1) is 11.8 Å². The Morgan fingerprint density at radius 2 is 1.93 bits per heavy atom. The number of rotatable bonds is 7. The quantitative estimate of drug-likeness (QED) is 0.299. The molecule has 6 nitrogen and oxygen atoms in total. The first-order valence-electron chi connectivity index (χ1n) is 9.52. The smallest absolute Gasteiger partial charge is 0.238 e. The first-order chi connectivity index (χ1) is 12.4. The molecule has 2 unspecified atom stereocenters. The number of aliphatic imine (C=N–C) groups is 1. The number of hydrogen-bond acceptors (Lipinski definition) is 3. The Morgan fingerprint density at radius 1 is 1.22 bits per heavy atom. The van der Waals surface area contributed by atoms with E-state index in [0.717, 1.165) is 36.4 Å². The van der Waals surface area contributed by atoms with E-state index in [9.17, 15) is 8.42 Å². The van der Waals surface area contributed by atoms with E-state index in [4.69, 9.17) is 5.14 Å². The van der Waals surface area contributed by atoms with E-state index < -0.39 is 10.0 Å². The van der Waals surface area contributed by atoms with Crippen molar-refractivity contribution < 1.29 is 8.42 Å². The summed E-state index contributed by atoms with van der Waals surface area (Å²) in [6.45, 7) is 6.61. The summed E-state index contributed by atoms with van der Waals surface area (Å²) in [5, 5.41) is 11.8. The van der Waals surface area contributed by atoms with E-state index in [1.54, 1.807) is 12.1 Å². The summed E-state index contributed by atoms with van der Waals surface area (Å²) in [5.74, 6) is 2.47.